The lowest BCUT2D eigenvalue weighted by Crippen LogP contribution is -2.30. The molecule has 0 saturated carbocycles. The average molecular weight is 479 g/mol. The van der Waals surface area contributed by atoms with Crippen LogP contribution in [-0.4, -0.2) is 49.7 Å². The van der Waals surface area contributed by atoms with E-state index in [1.54, 1.807) is 25.3 Å². The fraction of sp³-hybridized carbons (Fsp3) is 0.333. The minimum absolute atomic E-state index is 0.00774. The van der Waals surface area contributed by atoms with Gasteiger partial charge in [-0.2, -0.15) is 5.10 Å². The second-order valence-electron chi connectivity index (χ2n) is 7.40. The molecule has 0 aliphatic carbocycles. The quantitative estimate of drug-likeness (QED) is 0.506. The van der Waals surface area contributed by atoms with Crippen molar-refractivity contribution in [1.82, 2.24) is 19.8 Å². The van der Waals surface area contributed by atoms with Crippen LogP contribution in [-0.2, 0) is 34.3 Å². The Morgan fingerprint density at radius 1 is 1.34 bits per heavy atom. The molecule has 2 N–H and O–H groups in total. The van der Waals surface area contributed by atoms with Crippen LogP contribution >= 0.6 is 11.3 Å². The number of nitrogens with one attached hydrogen (secondary N) is 2. The lowest BCUT2D eigenvalue weighted by atomic mass is 10.0. The standard InChI is InChI=1S/C21H23FN4O4S2/c1-3-24-32(28,29)21-18(20(27)30-2)16-8-9-26(12-17(16)31-21)11-14-10-23-25-19(14)13-4-6-15(22)7-5-13/h4-7,10,24H,3,8-9,11-12H2,1-2H3,(H,23,25). The van der Waals surface area contributed by atoms with E-state index in [1.165, 1.54) is 19.2 Å². The third-order valence-electron chi connectivity index (χ3n) is 5.32. The molecule has 2 aromatic heterocycles. The summed E-state index contributed by atoms with van der Waals surface area (Å²) in [5.74, 6) is -0.943. The third kappa shape index (κ3) is 4.33. The summed E-state index contributed by atoms with van der Waals surface area (Å²) in [5.41, 5.74) is 3.47. The molecule has 0 saturated heterocycles. The molecule has 0 fully saturated rings. The van der Waals surface area contributed by atoms with Crippen molar-refractivity contribution < 1.29 is 22.3 Å². The van der Waals surface area contributed by atoms with Crippen molar-refractivity contribution in [3.63, 3.8) is 0 Å². The summed E-state index contributed by atoms with van der Waals surface area (Å²) < 4.78 is 46.0. The number of carbonyl (C=O) groups excluding carboxylic acids is 1. The van der Waals surface area contributed by atoms with Crippen molar-refractivity contribution in [1.29, 1.82) is 0 Å². The molecular formula is C21H23FN4O4S2. The molecule has 3 heterocycles. The number of esters is 1. The van der Waals surface area contributed by atoms with Gasteiger partial charge in [-0.05, 0) is 36.2 Å². The molecule has 0 radical (unpaired) electrons. The van der Waals surface area contributed by atoms with Gasteiger partial charge in [0.25, 0.3) is 10.0 Å². The predicted molar refractivity (Wildman–Crippen MR) is 118 cm³/mol. The first-order valence-corrected chi connectivity index (χ1v) is 12.4. The van der Waals surface area contributed by atoms with Gasteiger partial charge < -0.3 is 4.74 Å². The van der Waals surface area contributed by atoms with Gasteiger partial charge in [-0.3, -0.25) is 10.00 Å². The van der Waals surface area contributed by atoms with E-state index in [9.17, 15) is 17.6 Å². The van der Waals surface area contributed by atoms with Gasteiger partial charge >= 0.3 is 5.97 Å². The molecule has 170 valence electrons. The molecule has 1 aliphatic rings. The van der Waals surface area contributed by atoms with Crippen LogP contribution in [0.4, 0.5) is 4.39 Å². The van der Waals surface area contributed by atoms with Crippen molar-refractivity contribution in [3.8, 4) is 11.3 Å². The van der Waals surface area contributed by atoms with Gasteiger partial charge in [0, 0.05) is 42.2 Å². The molecule has 1 aliphatic heterocycles. The number of aromatic amines is 1. The first-order chi connectivity index (χ1) is 15.3. The molecule has 3 aromatic rings. The fourth-order valence-corrected chi connectivity index (χ4v) is 6.87. The van der Waals surface area contributed by atoms with Crippen LogP contribution in [0.15, 0.2) is 34.7 Å². The summed E-state index contributed by atoms with van der Waals surface area (Å²) in [6.45, 7) is 3.63. The van der Waals surface area contributed by atoms with Crippen molar-refractivity contribution in [3.05, 3.63) is 57.8 Å². The van der Waals surface area contributed by atoms with E-state index < -0.39 is 16.0 Å². The van der Waals surface area contributed by atoms with Gasteiger partial charge in [0.15, 0.2) is 0 Å². The van der Waals surface area contributed by atoms with Gasteiger partial charge in [-0.25, -0.2) is 22.3 Å². The maximum atomic E-state index is 13.3. The number of carbonyl (C=O) groups is 1. The van der Waals surface area contributed by atoms with Gasteiger partial charge in [-0.1, -0.05) is 6.92 Å². The normalized spacial score (nSPS) is 14.3. The Balaban J connectivity index is 1.61. The zero-order chi connectivity index (χ0) is 22.9. The smallest absolute Gasteiger partial charge is 0.340 e. The number of hydrogen-bond donors (Lipinski definition) is 2. The Morgan fingerprint density at radius 3 is 2.78 bits per heavy atom. The van der Waals surface area contributed by atoms with E-state index in [4.69, 9.17) is 4.74 Å². The van der Waals surface area contributed by atoms with Gasteiger partial charge in [0.05, 0.1) is 24.6 Å². The number of ether oxygens (including phenoxy) is 1. The summed E-state index contributed by atoms with van der Waals surface area (Å²) in [5, 5.41) is 7.12. The largest absolute Gasteiger partial charge is 0.465 e. The Kier molecular flexibility index (Phi) is 6.42. The number of halogens is 1. The Bertz CT molecular complexity index is 1240. The van der Waals surface area contributed by atoms with Gasteiger partial charge in [-0.15, -0.1) is 11.3 Å². The van der Waals surface area contributed by atoms with Crippen molar-refractivity contribution in [2.75, 3.05) is 20.2 Å². The zero-order valence-electron chi connectivity index (χ0n) is 17.6. The second-order valence-corrected chi connectivity index (χ2v) is 10.5. The van der Waals surface area contributed by atoms with Crippen LogP contribution in [0.1, 0.15) is 33.3 Å². The number of fused-ring (bicyclic) bond motifs is 1. The summed E-state index contributed by atoms with van der Waals surface area (Å²) in [4.78, 5) is 15.4. The number of thiophene rings is 1. The number of aromatic nitrogens is 2. The van der Waals surface area contributed by atoms with Gasteiger partial charge in [0.1, 0.15) is 10.0 Å². The fourth-order valence-electron chi connectivity index (χ4n) is 3.86. The van der Waals surface area contributed by atoms with Crippen LogP contribution in [0, 0.1) is 5.82 Å². The van der Waals surface area contributed by atoms with E-state index in [0.29, 0.717) is 26.1 Å². The molecule has 0 unspecified atom stereocenters. The number of benzene rings is 1. The zero-order valence-corrected chi connectivity index (χ0v) is 19.3. The molecule has 1 aromatic carbocycles. The van der Waals surface area contributed by atoms with E-state index in [2.05, 4.69) is 19.8 Å². The average Bonchev–Trinajstić information content (AvgIpc) is 3.38. The van der Waals surface area contributed by atoms with Crippen LogP contribution in [0.5, 0.6) is 0 Å². The van der Waals surface area contributed by atoms with E-state index in [-0.39, 0.29) is 22.1 Å². The summed E-state index contributed by atoms with van der Waals surface area (Å²) in [6.07, 6.45) is 2.27. The molecular weight excluding hydrogens is 455 g/mol. The molecule has 0 atom stereocenters. The molecule has 32 heavy (non-hydrogen) atoms. The van der Waals surface area contributed by atoms with Crippen molar-refractivity contribution in [2.45, 2.75) is 30.6 Å². The van der Waals surface area contributed by atoms with E-state index >= 15 is 0 Å². The first kappa shape index (κ1) is 22.6. The Labute approximate surface area is 189 Å². The number of sulfonamides is 1. The second kappa shape index (κ2) is 9.10. The number of methoxy groups -OCH3 is 1. The highest BCUT2D eigenvalue weighted by Crippen LogP contribution is 2.37. The minimum atomic E-state index is -3.80. The molecule has 8 nitrogen and oxygen atoms in total. The maximum Gasteiger partial charge on any atom is 0.340 e. The van der Waals surface area contributed by atoms with Crippen LogP contribution in [0.25, 0.3) is 11.3 Å². The van der Waals surface area contributed by atoms with Gasteiger partial charge in [0.2, 0.25) is 0 Å². The van der Waals surface area contributed by atoms with E-state index in [1.807, 2.05) is 0 Å². The Morgan fingerprint density at radius 2 is 2.09 bits per heavy atom. The lowest BCUT2D eigenvalue weighted by molar-refractivity contribution is 0.0595. The summed E-state index contributed by atoms with van der Waals surface area (Å²) in [7, 11) is -2.55. The first-order valence-electron chi connectivity index (χ1n) is 10.1. The highest BCUT2D eigenvalue weighted by atomic mass is 32.2. The highest BCUT2D eigenvalue weighted by Gasteiger charge is 2.34. The van der Waals surface area contributed by atoms with Crippen molar-refractivity contribution >= 4 is 27.3 Å². The van der Waals surface area contributed by atoms with Crippen molar-refractivity contribution in [2.24, 2.45) is 0 Å². The monoisotopic (exact) mass is 478 g/mol. The minimum Gasteiger partial charge on any atom is -0.465 e. The SMILES string of the molecule is CCNS(=O)(=O)c1sc2c(c1C(=O)OC)CCN(Cc1cn[nH]c1-c1ccc(F)cc1)C2. The van der Waals surface area contributed by atoms with Crippen LogP contribution in [0.2, 0.25) is 0 Å². The third-order valence-corrected chi connectivity index (χ3v) is 8.60. The maximum absolute atomic E-state index is 13.3. The summed E-state index contributed by atoms with van der Waals surface area (Å²) >= 11 is 1.11. The van der Waals surface area contributed by atoms with Crippen LogP contribution in [0.3, 0.4) is 0 Å². The molecule has 4 rings (SSSR count). The summed E-state index contributed by atoms with van der Waals surface area (Å²) in [6, 6.07) is 6.19. The Hall–Kier alpha value is -2.60. The molecule has 0 spiro atoms. The molecule has 0 bridgehead atoms. The topological polar surface area (TPSA) is 104 Å². The number of H-pyrrole nitrogens is 1. The molecule has 11 heteroatoms. The highest BCUT2D eigenvalue weighted by molar-refractivity contribution is 7.91. The van der Waals surface area contributed by atoms with E-state index in [0.717, 1.165) is 38.6 Å². The van der Waals surface area contributed by atoms with Crippen LogP contribution < -0.4 is 4.72 Å². The number of rotatable bonds is 7. The predicted octanol–water partition coefficient (Wildman–Crippen LogP) is 2.92. The number of nitrogens with zero attached hydrogens (tertiary/aromatic N) is 2. The molecule has 0 amide bonds. The lowest BCUT2D eigenvalue weighted by Gasteiger charge is -2.27. The number of hydrogen-bond acceptors (Lipinski definition) is 7.